The fourth-order valence-corrected chi connectivity index (χ4v) is 2.25. The van der Waals surface area contributed by atoms with Crippen LogP contribution in [0.5, 0.6) is 0 Å². The third kappa shape index (κ3) is 2.30. The van der Waals surface area contributed by atoms with Crippen LogP contribution in [0, 0.1) is 5.92 Å². The molecule has 0 N–H and O–H groups in total. The topological polar surface area (TPSA) is 59.0 Å². The lowest BCUT2D eigenvalue weighted by Gasteiger charge is -2.14. The van der Waals surface area contributed by atoms with E-state index in [4.69, 9.17) is 0 Å². The summed E-state index contributed by atoms with van der Waals surface area (Å²) in [6.45, 7) is 4.34. The van der Waals surface area contributed by atoms with Crippen LogP contribution in [0.4, 0.5) is 5.95 Å². The van der Waals surface area contributed by atoms with E-state index < -0.39 is 0 Å². The molecule has 0 radical (unpaired) electrons. The van der Waals surface area contributed by atoms with Gasteiger partial charge in [-0.25, -0.2) is 9.97 Å². The summed E-state index contributed by atoms with van der Waals surface area (Å²) in [5, 5.41) is 0. The van der Waals surface area contributed by atoms with Crippen molar-refractivity contribution in [3.8, 4) is 11.3 Å². The average molecular weight is 266 g/mol. The van der Waals surface area contributed by atoms with Gasteiger partial charge in [-0.3, -0.25) is 14.7 Å². The summed E-state index contributed by atoms with van der Waals surface area (Å²) in [6.07, 6.45) is 7.39. The summed E-state index contributed by atoms with van der Waals surface area (Å²) in [5.74, 6) is 0.672. The third-order valence-corrected chi connectivity index (χ3v) is 3.35. The number of nitrogens with zero attached hydrogens (tertiary/aromatic N) is 4. The number of carbonyl (C=O) groups excluding carboxylic acids is 1. The number of carbonyl (C=O) groups is 1. The van der Waals surface area contributed by atoms with Gasteiger partial charge in [-0.05, 0) is 18.2 Å². The number of amides is 1. The number of aromatic nitrogens is 3. The summed E-state index contributed by atoms with van der Waals surface area (Å²) in [4.78, 5) is 26.3. The van der Waals surface area contributed by atoms with E-state index in [0.29, 0.717) is 18.9 Å². The Labute approximate surface area is 117 Å². The Morgan fingerprint density at radius 3 is 2.75 bits per heavy atom. The van der Waals surface area contributed by atoms with Gasteiger partial charge in [0, 0.05) is 43.0 Å². The van der Waals surface area contributed by atoms with Gasteiger partial charge >= 0.3 is 0 Å². The Morgan fingerprint density at radius 1 is 1.25 bits per heavy atom. The first-order valence-electron chi connectivity index (χ1n) is 6.44. The van der Waals surface area contributed by atoms with Crippen molar-refractivity contribution in [3.05, 3.63) is 49.4 Å². The van der Waals surface area contributed by atoms with Crippen LogP contribution in [0.3, 0.4) is 0 Å². The molecule has 1 unspecified atom stereocenters. The summed E-state index contributed by atoms with van der Waals surface area (Å²) < 4.78 is 0. The summed E-state index contributed by atoms with van der Waals surface area (Å²) >= 11 is 0. The van der Waals surface area contributed by atoms with Gasteiger partial charge in [0.25, 0.3) is 0 Å². The van der Waals surface area contributed by atoms with Crippen molar-refractivity contribution in [2.75, 3.05) is 11.4 Å². The van der Waals surface area contributed by atoms with Crippen molar-refractivity contribution >= 4 is 11.9 Å². The van der Waals surface area contributed by atoms with E-state index in [9.17, 15) is 4.79 Å². The quantitative estimate of drug-likeness (QED) is 0.798. The molecule has 5 nitrogen and oxygen atoms in total. The summed E-state index contributed by atoms with van der Waals surface area (Å²) in [6, 6.07) is 5.58. The Bertz CT molecular complexity index is 641. The molecule has 3 heterocycles. The zero-order valence-electron chi connectivity index (χ0n) is 10.9. The predicted molar refractivity (Wildman–Crippen MR) is 75.9 cm³/mol. The molecule has 0 bridgehead atoms. The van der Waals surface area contributed by atoms with Gasteiger partial charge in [-0.2, -0.15) is 0 Å². The number of anilines is 1. The van der Waals surface area contributed by atoms with Crippen LogP contribution in [0.1, 0.15) is 6.42 Å². The normalized spacial score (nSPS) is 18.3. The number of rotatable bonds is 3. The van der Waals surface area contributed by atoms with E-state index in [1.165, 1.54) is 0 Å². The molecule has 0 aromatic carbocycles. The van der Waals surface area contributed by atoms with Crippen LogP contribution >= 0.6 is 0 Å². The molecule has 1 atom stereocenters. The Morgan fingerprint density at radius 2 is 2.05 bits per heavy atom. The molecular weight excluding hydrogens is 252 g/mol. The van der Waals surface area contributed by atoms with Crippen LogP contribution in [0.15, 0.2) is 49.4 Å². The highest BCUT2D eigenvalue weighted by Gasteiger charge is 2.30. The molecule has 0 aliphatic carbocycles. The van der Waals surface area contributed by atoms with E-state index in [-0.39, 0.29) is 11.8 Å². The largest absolute Gasteiger partial charge is 0.280 e. The molecule has 0 saturated carbocycles. The van der Waals surface area contributed by atoms with Gasteiger partial charge in [0.15, 0.2) is 0 Å². The minimum atomic E-state index is 0.0433. The fraction of sp³-hybridized carbons (Fsp3) is 0.200. The molecule has 1 fully saturated rings. The zero-order chi connectivity index (χ0) is 13.9. The second-order valence-electron chi connectivity index (χ2n) is 4.68. The maximum atomic E-state index is 12.0. The molecule has 1 aliphatic heterocycles. The average Bonchev–Trinajstić information content (AvgIpc) is 2.89. The molecule has 2 aromatic rings. The standard InChI is InChI=1S/C15H14N4O/c1-2-11-9-14(20)19(10-11)15-17-8-5-13(18-15)12-3-6-16-7-4-12/h2-8,11H,1,9-10H2. The fourth-order valence-electron chi connectivity index (χ4n) is 2.25. The van der Waals surface area contributed by atoms with Gasteiger partial charge < -0.3 is 0 Å². The number of pyridine rings is 1. The molecule has 1 amide bonds. The van der Waals surface area contributed by atoms with Crippen LogP contribution in [0.25, 0.3) is 11.3 Å². The summed E-state index contributed by atoms with van der Waals surface area (Å²) in [7, 11) is 0. The highest BCUT2D eigenvalue weighted by atomic mass is 16.2. The monoisotopic (exact) mass is 266 g/mol. The van der Waals surface area contributed by atoms with Crippen LogP contribution in [0.2, 0.25) is 0 Å². The first kappa shape index (κ1) is 12.5. The first-order chi connectivity index (χ1) is 9.78. The number of hydrogen-bond acceptors (Lipinski definition) is 4. The van der Waals surface area contributed by atoms with Crippen molar-refractivity contribution in [2.45, 2.75) is 6.42 Å². The molecule has 2 aromatic heterocycles. The van der Waals surface area contributed by atoms with Crippen molar-refractivity contribution in [3.63, 3.8) is 0 Å². The molecule has 100 valence electrons. The van der Waals surface area contributed by atoms with Crippen LogP contribution in [-0.2, 0) is 4.79 Å². The molecule has 1 aliphatic rings. The zero-order valence-corrected chi connectivity index (χ0v) is 10.9. The Balaban J connectivity index is 1.92. The smallest absolute Gasteiger partial charge is 0.232 e. The highest BCUT2D eigenvalue weighted by molar-refractivity contribution is 5.94. The Hall–Kier alpha value is -2.56. The van der Waals surface area contributed by atoms with Crippen LogP contribution < -0.4 is 4.90 Å². The lowest BCUT2D eigenvalue weighted by atomic mass is 10.1. The molecular formula is C15H14N4O. The lowest BCUT2D eigenvalue weighted by Crippen LogP contribution is -2.26. The van der Waals surface area contributed by atoms with Crippen molar-refractivity contribution in [2.24, 2.45) is 5.92 Å². The maximum absolute atomic E-state index is 12.0. The van der Waals surface area contributed by atoms with Crippen molar-refractivity contribution < 1.29 is 4.79 Å². The van der Waals surface area contributed by atoms with Crippen LogP contribution in [-0.4, -0.2) is 27.4 Å². The van der Waals surface area contributed by atoms with Gasteiger partial charge in [-0.1, -0.05) is 6.08 Å². The molecule has 0 spiro atoms. The number of hydrogen-bond donors (Lipinski definition) is 0. The minimum absolute atomic E-state index is 0.0433. The highest BCUT2D eigenvalue weighted by Crippen LogP contribution is 2.24. The molecule has 5 heteroatoms. The van der Waals surface area contributed by atoms with E-state index in [1.54, 1.807) is 23.5 Å². The Kier molecular flexibility index (Phi) is 3.25. The second kappa shape index (κ2) is 5.21. The summed E-state index contributed by atoms with van der Waals surface area (Å²) in [5.41, 5.74) is 1.74. The lowest BCUT2D eigenvalue weighted by molar-refractivity contribution is -0.117. The van der Waals surface area contributed by atoms with Crippen molar-refractivity contribution in [1.29, 1.82) is 0 Å². The molecule has 1 saturated heterocycles. The molecule has 20 heavy (non-hydrogen) atoms. The van der Waals surface area contributed by atoms with Gasteiger partial charge in [0.05, 0.1) is 5.69 Å². The van der Waals surface area contributed by atoms with Gasteiger partial charge in [0.2, 0.25) is 11.9 Å². The van der Waals surface area contributed by atoms with E-state index in [1.807, 2.05) is 24.3 Å². The first-order valence-corrected chi connectivity index (χ1v) is 6.44. The molecule has 3 rings (SSSR count). The predicted octanol–water partition coefficient (Wildman–Crippen LogP) is 2.08. The second-order valence-corrected chi connectivity index (χ2v) is 4.68. The maximum Gasteiger partial charge on any atom is 0.232 e. The van der Waals surface area contributed by atoms with E-state index >= 15 is 0 Å². The minimum Gasteiger partial charge on any atom is -0.280 e. The van der Waals surface area contributed by atoms with Crippen molar-refractivity contribution in [1.82, 2.24) is 15.0 Å². The van der Waals surface area contributed by atoms with E-state index in [0.717, 1.165) is 11.3 Å². The SMILES string of the molecule is C=CC1CC(=O)N(c2nccc(-c3ccncc3)n2)C1. The van der Waals surface area contributed by atoms with Gasteiger partial charge in [-0.15, -0.1) is 6.58 Å². The van der Waals surface area contributed by atoms with Gasteiger partial charge in [0.1, 0.15) is 0 Å². The third-order valence-electron chi connectivity index (χ3n) is 3.35. The van der Waals surface area contributed by atoms with E-state index in [2.05, 4.69) is 21.5 Å².